The number of nitrogens with two attached hydrogens (primary N) is 1. The van der Waals surface area contributed by atoms with Crippen LogP contribution < -0.4 is 9.88 Å². The Kier molecular flexibility index (Phi) is 3.82. The van der Waals surface area contributed by atoms with Crippen LogP contribution in [0.5, 0.6) is 5.75 Å². The predicted molar refractivity (Wildman–Crippen MR) is 54.6 cm³/mol. The minimum Gasteiger partial charge on any atom is -0.489 e. The summed E-state index contributed by atoms with van der Waals surface area (Å²) >= 11 is 0. The van der Waals surface area contributed by atoms with Crippen molar-refractivity contribution in [1.82, 2.24) is 0 Å². The fourth-order valence-electron chi connectivity index (χ4n) is 0.955. The number of nitrogens with zero attached hydrogens (tertiary/aromatic N) is 1. The van der Waals surface area contributed by atoms with Gasteiger partial charge in [0.2, 0.25) is 10.0 Å². The smallest absolute Gasteiger partial charge is 0.212 e. The summed E-state index contributed by atoms with van der Waals surface area (Å²) in [5.74, 6) is -1.22. The number of halogens is 1. The van der Waals surface area contributed by atoms with Crippen LogP contribution in [0.1, 0.15) is 5.56 Å². The van der Waals surface area contributed by atoms with Crippen LogP contribution in [-0.4, -0.2) is 20.8 Å². The average Bonchev–Trinajstić information content (AvgIpc) is 2.18. The minimum absolute atomic E-state index is 0.109. The zero-order chi connectivity index (χ0) is 12.2. The Morgan fingerprint density at radius 3 is 2.69 bits per heavy atom. The van der Waals surface area contributed by atoms with Crippen LogP contribution in [0.4, 0.5) is 4.39 Å². The lowest BCUT2D eigenvalue weighted by Gasteiger charge is -2.06. The summed E-state index contributed by atoms with van der Waals surface area (Å²) in [7, 11) is -3.62. The number of benzene rings is 1. The second-order valence-corrected chi connectivity index (χ2v) is 4.71. The van der Waals surface area contributed by atoms with Gasteiger partial charge in [0.1, 0.15) is 6.61 Å². The van der Waals surface area contributed by atoms with Crippen LogP contribution in [0.3, 0.4) is 0 Å². The quantitative estimate of drug-likeness (QED) is 0.827. The maximum atomic E-state index is 13.2. The molecule has 86 valence electrons. The molecule has 0 radical (unpaired) electrons. The van der Waals surface area contributed by atoms with Crippen LogP contribution in [0.15, 0.2) is 18.2 Å². The summed E-state index contributed by atoms with van der Waals surface area (Å²) in [4.78, 5) is 0. The second kappa shape index (κ2) is 4.92. The molecule has 0 aliphatic carbocycles. The average molecular weight is 244 g/mol. The highest BCUT2D eigenvalue weighted by atomic mass is 32.2. The van der Waals surface area contributed by atoms with Crippen molar-refractivity contribution in [3.8, 4) is 11.8 Å². The normalized spacial score (nSPS) is 10.8. The topological polar surface area (TPSA) is 93.2 Å². The van der Waals surface area contributed by atoms with E-state index in [1.807, 2.05) is 0 Å². The molecule has 2 N–H and O–H groups in total. The highest BCUT2D eigenvalue weighted by molar-refractivity contribution is 7.89. The van der Waals surface area contributed by atoms with Crippen molar-refractivity contribution >= 4 is 10.0 Å². The van der Waals surface area contributed by atoms with Crippen molar-refractivity contribution in [2.24, 2.45) is 5.14 Å². The van der Waals surface area contributed by atoms with Crippen LogP contribution in [-0.2, 0) is 10.0 Å². The van der Waals surface area contributed by atoms with Gasteiger partial charge in [0.15, 0.2) is 11.6 Å². The van der Waals surface area contributed by atoms with Crippen molar-refractivity contribution in [1.29, 1.82) is 5.26 Å². The first kappa shape index (κ1) is 12.4. The van der Waals surface area contributed by atoms with E-state index in [-0.39, 0.29) is 17.9 Å². The summed E-state index contributed by atoms with van der Waals surface area (Å²) in [6, 6.07) is 5.40. The van der Waals surface area contributed by atoms with E-state index in [1.165, 1.54) is 12.1 Å². The molecule has 0 spiro atoms. The molecule has 0 fully saturated rings. The molecule has 0 bridgehead atoms. The SMILES string of the molecule is N#Cc1ccc(OCCS(N)(=O)=O)c(F)c1. The van der Waals surface area contributed by atoms with E-state index in [0.717, 1.165) is 6.07 Å². The molecule has 0 amide bonds. The van der Waals surface area contributed by atoms with Gasteiger partial charge in [-0.15, -0.1) is 0 Å². The largest absolute Gasteiger partial charge is 0.489 e. The van der Waals surface area contributed by atoms with Crippen molar-refractivity contribution in [2.45, 2.75) is 0 Å². The molecule has 0 aliphatic heterocycles. The van der Waals surface area contributed by atoms with Gasteiger partial charge in [0.25, 0.3) is 0 Å². The van der Waals surface area contributed by atoms with Gasteiger partial charge in [0.05, 0.1) is 17.4 Å². The Morgan fingerprint density at radius 1 is 1.50 bits per heavy atom. The van der Waals surface area contributed by atoms with Crippen molar-refractivity contribution in [3.05, 3.63) is 29.6 Å². The van der Waals surface area contributed by atoms with Gasteiger partial charge in [-0.1, -0.05) is 0 Å². The molecule has 0 saturated heterocycles. The van der Waals surface area contributed by atoms with Gasteiger partial charge in [-0.05, 0) is 18.2 Å². The van der Waals surface area contributed by atoms with E-state index < -0.39 is 21.6 Å². The fraction of sp³-hybridized carbons (Fsp3) is 0.222. The molecule has 1 aromatic carbocycles. The van der Waals surface area contributed by atoms with Gasteiger partial charge in [-0.3, -0.25) is 0 Å². The third-order valence-corrected chi connectivity index (χ3v) is 2.42. The lowest BCUT2D eigenvalue weighted by atomic mass is 10.2. The third kappa shape index (κ3) is 3.84. The molecule has 0 heterocycles. The first-order chi connectivity index (χ1) is 7.42. The summed E-state index contributed by atoms with van der Waals surface area (Å²) in [5.41, 5.74) is 0.163. The van der Waals surface area contributed by atoms with Crippen LogP contribution in [0.25, 0.3) is 0 Å². The molecule has 16 heavy (non-hydrogen) atoms. The fourth-order valence-corrected chi connectivity index (χ4v) is 1.27. The maximum Gasteiger partial charge on any atom is 0.212 e. The minimum atomic E-state index is -3.62. The highest BCUT2D eigenvalue weighted by Crippen LogP contribution is 2.17. The lowest BCUT2D eigenvalue weighted by Crippen LogP contribution is -2.21. The zero-order valence-corrected chi connectivity index (χ0v) is 9.00. The first-order valence-electron chi connectivity index (χ1n) is 4.25. The number of sulfonamides is 1. The molecular formula is C9H9FN2O3S. The van der Waals surface area contributed by atoms with E-state index in [1.54, 1.807) is 6.07 Å². The Labute approximate surface area is 92.3 Å². The molecule has 0 atom stereocenters. The van der Waals surface area contributed by atoms with Crippen LogP contribution in [0, 0.1) is 17.1 Å². The number of nitriles is 1. The van der Waals surface area contributed by atoms with E-state index >= 15 is 0 Å². The Bertz CT molecular complexity index is 522. The van der Waals surface area contributed by atoms with E-state index in [2.05, 4.69) is 0 Å². The number of primary sulfonamides is 1. The molecule has 0 saturated carbocycles. The molecule has 5 nitrogen and oxygen atoms in total. The van der Waals surface area contributed by atoms with E-state index in [9.17, 15) is 12.8 Å². The summed E-state index contributed by atoms with van der Waals surface area (Å²) in [6.07, 6.45) is 0. The summed E-state index contributed by atoms with van der Waals surface area (Å²) in [5, 5.41) is 13.2. The lowest BCUT2D eigenvalue weighted by molar-refractivity contribution is 0.322. The van der Waals surface area contributed by atoms with Gasteiger partial charge >= 0.3 is 0 Å². The van der Waals surface area contributed by atoms with Gasteiger partial charge < -0.3 is 4.74 Å². The maximum absolute atomic E-state index is 13.2. The van der Waals surface area contributed by atoms with Gasteiger partial charge in [0, 0.05) is 0 Å². The highest BCUT2D eigenvalue weighted by Gasteiger charge is 2.07. The zero-order valence-electron chi connectivity index (χ0n) is 8.18. The van der Waals surface area contributed by atoms with E-state index in [0.29, 0.717) is 0 Å². The van der Waals surface area contributed by atoms with Crippen molar-refractivity contribution in [2.75, 3.05) is 12.4 Å². The number of ether oxygens (including phenoxy) is 1. The van der Waals surface area contributed by atoms with Crippen LogP contribution >= 0.6 is 0 Å². The van der Waals surface area contributed by atoms with Gasteiger partial charge in [-0.25, -0.2) is 17.9 Å². The third-order valence-electron chi connectivity index (χ3n) is 1.69. The molecule has 0 aliphatic rings. The number of hydrogen-bond acceptors (Lipinski definition) is 4. The summed E-state index contributed by atoms with van der Waals surface area (Å²) < 4.78 is 39.2. The number of rotatable bonds is 4. The van der Waals surface area contributed by atoms with Crippen molar-refractivity contribution in [3.63, 3.8) is 0 Å². The summed E-state index contributed by atoms with van der Waals surface area (Å²) in [6.45, 7) is -0.234. The first-order valence-corrected chi connectivity index (χ1v) is 5.97. The Balaban J connectivity index is 2.66. The molecule has 1 rings (SSSR count). The second-order valence-electron chi connectivity index (χ2n) is 2.97. The molecule has 0 aromatic heterocycles. The standard InChI is InChI=1S/C9H9FN2O3S/c10-8-5-7(6-11)1-2-9(8)15-3-4-16(12,13)14/h1-2,5H,3-4H2,(H2,12,13,14). The molecule has 7 heteroatoms. The Morgan fingerprint density at radius 2 is 2.19 bits per heavy atom. The van der Waals surface area contributed by atoms with Crippen molar-refractivity contribution < 1.29 is 17.5 Å². The molecular weight excluding hydrogens is 235 g/mol. The predicted octanol–water partition coefficient (Wildman–Crippen LogP) is 0.365. The molecule has 0 unspecified atom stereocenters. The van der Waals surface area contributed by atoms with Crippen LogP contribution in [0.2, 0.25) is 0 Å². The Hall–Kier alpha value is -1.65. The van der Waals surface area contributed by atoms with E-state index in [4.69, 9.17) is 15.1 Å². The number of hydrogen-bond donors (Lipinski definition) is 1. The molecule has 1 aromatic rings. The monoisotopic (exact) mass is 244 g/mol. The van der Waals surface area contributed by atoms with Gasteiger partial charge in [-0.2, -0.15) is 5.26 Å².